The van der Waals surface area contributed by atoms with Crippen LogP contribution >= 0.6 is 0 Å². The first-order valence-corrected chi connectivity index (χ1v) is 5.26. The summed E-state index contributed by atoms with van der Waals surface area (Å²) < 4.78 is 5.55. The fourth-order valence-corrected chi connectivity index (χ4v) is 1.22. The molecule has 0 saturated heterocycles. The topological polar surface area (TPSA) is 9.23 Å². The van der Waals surface area contributed by atoms with Gasteiger partial charge in [0.05, 0.1) is 0 Å². The van der Waals surface area contributed by atoms with Crippen LogP contribution in [0.25, 0.3) is 0 Å². The predicted octanol–water partition coefficient (Wildman–Crippen LogP) is 4.34. The van der Waals surface area contributed by atoms with Gasteiger partial charge in [-0.05, 0) is 25.5 Å². The first kappa shape index (κ1) is 14.2. The van der Waals surface area contributed by atoms with E-state index in [1.165, 1.54) is 0 Å². The molecule has 0 radical (unpaired) electrons. The molecule has 0 heterocycles. The second-order valence-electron chi connectivity index (χ2n) is 3.09. The minimum Gasteiger partial charge on any atom is -0.489 e. The molecule has 0 spiro atoms. The van der Waals surface area contributed by atoms with Gasteiger partial charge in [0.25, 0.3) is 0 Å². The van der Waals surface area contributed by atoms with Crippen molar-refractivity contribution in [2.45, 2.75) is 13.8 Å². The van der Waals surface area contributed by atoms with Gasteiger partial charge in [-0.3, -0.25) is 0 Å². The maximum absolute atomic E-state index is 5.55. The van der Waals surface area contributed by atoms with E-state index in [0.717, 1.165) is 16.9 Å². The minimum atomic E-state index is 0.483. The molecule has 0 unspecified atom stereocenters. The monoisotopic (exact) mass is 216 g/mol. The molecule has 0 amide bonds. The van der Waals surface area contributed by atoms with E-state index in [0.29, 0.717) is 6.61 Å². The van der Waals surface area contributed by atoms with E-state index in [2.05, 4.69) is 19.7 Å². The summed E-state index contributed by atoms with van der Waals surface area (Å²) >= 11 is 0. The van der Waals surface area contributed by atoms with Crippen LogP contribution in [-0.2, 0) is 4.74 Å². The van der Waals surface area contributed by atoms with E-state index in [9.17, 15) is 0 Å². The third kappa shape index (κ3) is 4.65. The lowest BCUT2D eigenvalue weighted by molar-refractivity contribution is 0.257. The molecule has 0 aliphatic heterocycles. The van der Waals surface area contributed by atoms with Crippen molar-refractivity contribution in [1.29, 1.82) is 0 Å². The number of allylic oxidation sites excluding steroid dienone is 6. The number of ether oxygens (including phenoxy) is 1. The smallest absolute Gasteiger partial charge is 0.123 e. The Morgan fingerprint density at radius 2 is 1.94 bits per heavy atom. The van der Waals surface area contributed by atoms with E-state index in [4.69, 9.17) is 4.74 Å². The van der Waals surface area contributed by atoms with Gasteiger partial charge in [0, 0.05) is 5.57 Å². The molecular weight excluding hydrogens is 196 g/mol. The molecule has 0 aliphatic carbocycles. The van der Waals surface area contributed by atoms with E-state index >= 15 is 0 Å². The maximum Gasteiger partial charge on any atom is 0.123 e. The fourth-order valence-electron chi connectivity index (χ4n) is 1.22. The summed E-state index contributed by atoms with van der Waals surface area (Å²) in [5, 5.41) is 0. The molecule has 0 aliphatic rings. The van der Waals surface area contributed by atoms with Crippen molar-refractivity contribution in [3.63, 3.8) is 0 Å². The Bertz CT molecular complexity index is 340. The van der Waals surface area contributed by atoms with Crippen LogP contribution in [0.1, 0.15) is 13.8 Å². The molecule has 0 aromatic heterocycles. The third-order valence-corrected chi connectivity index (χ3v) is 1.88. The highest BCUT2D eigenvalue weighted by molar-refractivity contribution is 5.49. The summed E-state index contributed by atoms with van der Waals surface area (Å²) in [7, 11) is 0. The van der Waals surface area contributed by atoms with Gasteiger partial charge in [0.1, 0.15) is 12.4 Å². The first-order valence-electron chi connectivity index (χ1n) is 5.26. The highest BCUT2D eigenvalue weighted by atomic mass is 16.5. The molecule has 0 rings (SSSR count). The lowest BCUT2D eigenvalue weighted by Crippen LogP contribution is -1.98. The van der Waals surface area contributed by atoms with Crippen molar-refractivity contribution < 1.29 is 4.74 Å². The van der Waals surface area contributed by atoms with Crippen molar-refractivity contribution >= 4 is 0 Å². The second kappa shape index (κ2) is 8.54. The Morgan fingerprint density at radius 1 is 1.25 bits per heavy atom. The second-order valence-corrected chi connectivity index (χ2v) is 3.09. The van der Waals surface area contributed by atoms with Gasteiger partial charge >= 0.3 is 0 Å². The molecule has 0 aromatic rings. The quantitative estimate of drug-likeness (QED) is 0.349. The molecule has 0 N–H and O–H groups in total. The molecule has 0 fully saturated rings. The van der Waals surface area contributed by atoms with Gasteiger partial charge in [0.15, 0.2) is 0 Å². The predicted molar refractivity (Wildman–Crippen MR) is 72.1 cm³/mol. The zero-order valence-corrected chi connectivity index (χ0v) is 10.2. The van der Waals surface area contributed by atoms with E-state index in [1.54, 1.807) is 12.2 Å². The van der Waals surface area contributed by atoms with Crippen molar-refractivity contribution in [3.05, 3.63) is 73.1 Å². The first-order chi connectivity index (χ1) is 7.71. The number of rotatable bonds is 7. The standard InChI is InChI=1S/C15H20O/c1-6-10-13(5)14(11-7-2)15(9-4)16-12-8-3/h6-11H,2-3,5,12H2,1,4H3/b10-6-,14-11-,15-9+. The van der Waals surface area contributed by atoms with E-state index < -0.39 is 0 Å². The van der Waals surface area contributed by atoms with Crippen LogP contribution in [0.2, 0.25) is 0 Å². The Kier molecular flexibility index (Phi) is 7.60. The molecule has 0 bridgehead atoms. The Balaban J connectivity index is 5.03. The van der Waals surface area contributed by atoms with Crippen molar-refractivity contribution in [2.75, 3.05) is 6.61 Å². The minimum absolute atomic E-state index is 0.483. The molecule has 86 valence electrons. The molecule has 1 nitrogen and oxygen atoms in total. The van der Waals surface area contributed by atoms with Crippen LogP contribution in [0.3, 0.4) is 0 Å². The average Bonchev–Trinajstić information content (AvgIpc) is 2.28. The SMILES string of the molecule is C=C/C=C(C(=C)/C=C\C)\C(=C/C)OCC=C. The van der Waals surface area contributed by atoms with Gasteiger partial charge in [-0.1, -0.05) is 50.1 Å². The van der Waals surface area contributed by atoms with Gasteiger partial charge in [-0.25, -0.2) is 0 Å². The summed E-state index contributed by atoms with van der Waals surface area (Å²) in [5.74, 6) is 0.794. The summed E-state index contributed by atoms with van der Waals surface area (Å²) in [6, 6.07) is 0. The van der Waals surface area contributed by atoms with E-state index in [-0.39, 0.29) is 0 Å². The van der Waals surface area contributed by atoms with Gasteiger partial charge in [-0.15, -0.1) is 0 Å². The highest BCUT2D eigenvalue weighted by Gasteiger charge is 2.06. The van der Waals surface area contributed by atoms with Crippen molar-refractivity contribution in [3.8, 4) is 0 Å². The molecule has 16 heavy (non-hydrogen) atoms. The van der Waals surface area contributed by atoms with Gasteiger partial charge in [-0.2, -0.15) is 0 Å². The number of hydrogen-bond acceptors (Lipinski definition) is 1. The summed E-state index contributed by atoms with van der Waals surface area (Å²) in [6.07, 6.45) is 11.1. The zero-order chi connectivity index (χ0) is 12.4. The van der Waals surface area contributed by atoms with Crippen LogP contribution in [0.15, 0.2) is 73.1 Å². The highest BCUT2D eigenvalue weighted by Crippen LogP contribution is 2.20. The normalized spacial score (nSPS) is 12.6. The summed E-state index contributed by atoms with van der Waals surface area (Å²) in [5.41, 5.74) is 1.84. The van der Waals surface area contributed by atoms with Crippen molar-refractivity contribution in [2.24, 2.45) is 0 Å². The largest absolute Gasteiger partial charge is 0.489 e. The summed E-state index contributed by atoms with van der Waals surface area (Å²) in [4.78, 5) is 0. The van der Waals surface area contributed by atoms with Crippen LogP contribution < -0.4 is 0 Å². The van der Waals surface area contributed by atoms with Crippen LogP contribution in [0.5, 0.6) is 0 Å². The Labute approximate surface area is 98.8 Å². The van der Waals surface area contributed by atoms with Crippen molar-refractivity contribution in [1.82, 2.24) is 0 Å². The summed E-state index contributed by atoms with van der Waals surface area (Å²) in [6.45, 7) is 15.7. The molecular formula is C15H20O. The molecule has 1 heteroatoms. The van der Waals surface area contributed by atoms with E-state index in [1.807, 2.05) is 38.2 Å². The Morgan fingerprint density at radius 3 is 2.38 bits per heavy atom. The van der Waals surface area contributed by atoms with Gasteiger partial charge in [0.2, 0.25) is 0 Å². The van der Waals surface area contributed by atoms with Crippen LogP contribution in [0, 0.1) is 0 Å². The van der Waals surface area contributed by atoms with Crippen LogP contribution in [0.4, 0.5) is 0 Å². The number of hydrogen-bond donors (Lipinski definition) is 0. The zero-order valence-electron chi connectivity index (χ0n) is 10.2. The maximum atomic E-state index is 5.55. The lowest BCUT2D eigenvalue weighted by atomic mass is 10.0. The fraction of sp³-hybridized carbons (Fsp3) is 0.200. The third-order valence-electron chi connectivity index (χ3n) is 1.88. The lowest BCUT2D eigenvalue weighted by Gasteiger charge is -2.12. The van der Waals surface area contributed by atoms with Gasteiger partial charge < -0.3 is 4.74 Å². The molecule has 0 atom stereocenters. The van der Waals surface area contributed by atoms with Crippen LogP contribution in [-0.4, -0.2) is 6.61 Å². The molecule has 0 aromatic carbocycles. The molecule has 0 saturated carbocycles. The average molecular weight is 216 g/mol. The Hall–Kier alpha value is -1.76.